The van der Waals surface area contributed by atoms with Crippen molar-refractivity contribution in [3.8, 4) is 0 Å². The van der Waals surface area contributed by atoms with Crippen LogP contribution in [-0.4, -0.2) is 6.04 Å². The molecule has 0 radical (unpaired) electrons. The Bertz CT molecular complexity index is 331. The van der Waals surface area contributed by atoms with Crippen molar-refractivity contribution in [2.45, 2.75) is 39.2 Å². The lowest BCUT2D eigenvalue weighted by Gasteiger charge is -2.33. The minimum absolute atomic E-state index is 0.634. The highest BCUT2D eigenvalue weighted by Gasteiger charge is 2.24. The zero-order valence-electron chi connectivity index (χ0n) is 10.2. The highest BCUT2D eigenvalue weighted by atomic mass is 14.9. The van der Waals surface area contributed by atoms with Crippen LogP contribution in [-0.2, 0) is 0 Å². The van der Waals surface area contributed by atoms with Gasteiger partial charge in [-0.25, -0.2) is 0 Å². The number of benzene rings is 1. The van der Waals surface area contributed by atoms with Gasteiger partial charge in [0.2, 0.25) is 0 Å². The van der Waals surface area contributed by atoms with Crippen LogP contribution in [0.2, 0.25) is 0 Å². The third-order valence-corrected chi connectivity index (χ3v) is 3.88. The van der Waals surface area contributed by atoms with Crippen molar-refractivity contribution < 1.29 is 0 Å². The van der Waals surface area contributed by atoms with Crippen molar-refractivity contribution in [1.29, 1.82) is 0 Å². The zero-order chi connectivity index (χ0) is 11.5. The molecule has 1 fully saturated rings. The van der Waals surface area contributed by atoms with E-state index >= 15 is 0 Å². The quantitative estimate of drug-likeness (QED) is 0.745. The monoisotopic (exact) mass is 218 g/mol. The van der Waals surface area contributed by atoms with Crippen molar-refractivity contribution in [3.63, 3.8) is 0 Å². The Kier molecular flexibility index (Phi) is 3.37. The molecule has 0 spiro atoms. The molecule has 3 atom stereocenters. The molecule has 0 amide bonds. The molecule has 1 aliphatic rings. The molecule has 0 aliphatic heterocycles. The van der Waals surface area contributed by atoms with Gasteiger partial charge >= 0.3 is 0 Å². The molecule has 2 rings (SSSR count). The van der Waals surface area contributed by atoms with E-state index in [-0.39, 0.29) is 0 Å². The fraction of sp³-hybridized carbons (Fsp3) is 0.571. The normalized spacial score (nSPS) is 30.0. The molecule has 2 nitrogen and oxygen atoms in total. The Hall–Kier alpha value is -1.18. The summed E-state index contributed by atoms with van der Waals surface area (Å²) >= 11 is 0. The summed E-state index contributed by atoms with van der Waals surface area (Å²) < 4.78 is 0. The van der Waals surface area contributed by atoms with Crippen LogP contribution in [0.4, 0.5) is 11.4 Å². The molecule has 1 aliphatic carbocycles. The van der Waals surface area contributed by atoms with Gasteiger partial charge in [0, 0.05) is 17.4 Å². The molecular weight excluding hydrogens is 196 g/mol. The van der Waals surface area contributed by atoms with Crippen molar-refractivity contribution in [2.24, 2.45) is 11.8 Å². The highest BCUT2D eigenvalue weighted by molar-refractivity contribution is 5.51. The average Bonchev–Trinajstić information content (AvgIpc) is 2.27. The van der Waals surface area contributed by atoms with E-state index in [1.165, 1.54) is 24.9 Å². The third-order valence-electron chi connectivity index (χ3n) is 3.88. The SMILES string of the molecule is CC1CCC(Nc2ccc(N)cc2)CC1C. The number of nitrogen functional groups attached to an aromatic ring is 1. The third kappa shape index (κ3) is 2.69. The Balaban J connectivity index is 1.93. The van der Waals surface area contributed by atoms with Gasteiger partial charge in [-0.3, -0.25) is 0 Å². The Morgan fingerprint density at radius 1 is 1.06 bits per heavy atom. The van der Waals surface area contributed by atoms with E-state index in [1.807, 2.05) is 12.1 Å². The first-order valence-corrected chi connectivity index (χ1v) is 6.27. The summed E-state index contributed by atoms with van der Waals surface area (Å²) in [5.41, 5.74) is 7.70. The number of hydrogen-bond acceptors (Lipinski definition) is 2. The maximum Gasteiger partial charge on any atom is 0.0343 e. The maximum atomic E-state index is 5.67. The van der Waals surface area contributed by atoms with E-state index in [4.69, 9.17) is 5.73 Å². The van der Waals surface area contributed by atoms with E-state index in [2.05, 4.69) is 31.3 Å². The highest BCUT2D eigenvalue weighted by Crippen LogP contribution is 2.31. The average molecular weight is 218 g/mol. The van der Waals surface area contributed by atoms with Gasteiger partial charge in [-0.2, -0.15) is 0 Å². The lowest BCUT2D eigenvalue weighted by atomic mass is 9.79. The molecule has 0 bridgehead atoms. The maximum absolute atomic E-state index is 5.67. The molecule has 1 aromatic rings. The minimum atomic E-state index is 0.634. The predicted octanol–water partition coefficient (Wildman–Crippen LogP) is 3.51. The van der Waals surface area contributed by atoms with Crippen molar-refractivity contribution in [1.82, 2.24) is 0 Å². The molecule has 0 heterocycles. The molecule has 1 aromatic carbocycles. The van der Waals surface area contributed by atoms with Gasteiger partial charge in [-0.1, -0.05) is 13.8 Å². The lowest BCUT2D eigenvalue weighted by molar-refractivity contribution is 0.261. The van der Waals surface area contributed by atoms with Gasteiger partial charge in [0.15, 0.2) is 0 Å². The summed E-state index contributed by atoms with van der Waals surface area (Å²) in [6.07, 6.45) is 3.91. The second-order valence-electron chi connectivity index (χ2n) is 5.23. The molecular formula is C14H22N2. The van der Waals surface area contributed by atoms with Gasteiger partial charge < -0.3 is 11.1 Å². The van der Waals surface area contributed by atoms with Crippen molar-refractivity contribution >= 4 is 11.4 Å². The van der Waals surface area contributed by atoms with E-state index in [0.29, 0.717) is 6.04 Å². The number of anilines is 2. The van der Waals surface area contributed by atoms with Crippen LogP contribution in [0.25, 0.3) is 0 Å². The Morgan fingerprint density at radius 3 is 2.38 bits per heavy atom. The summed E-state index contributed by atoms with van der Waals surface area (Å²) in [7, 11) is 0. The van der Waals surface area contributed by atoms with Gasteiger partial charge in [-0.05, 0) is 55.4 Å². The Morgan fingerprint density at radius 2 is 1.75 bits per heavy atom. The number of nitrogens with one attached hydrogen (secondary N) is 1. The van der Waals surface area contributed by atoms with Gasteiger partial charge in [0.05, 0.1) is 0 Å². The summed E-state index contributed by atoms with van der Waals surface area (Å²) in [6.45, 7) is 4.73. The first kappa shape index (κ1) is 11.3. The van der Waals surface area contributed by atoms with E-state index < -0.39 is 0 Å². The van der Waals surface area contributed by atoms with E-state index in [0.717, 1.165) is 17.5 Å². The lowest BCUT2D eigenvalue weighted by Crippen LogP contribution is -2.30. The Labute approximate surface area is 98.2 Å². The minimum Gasteiger partial charge on any atom is -0.399 e. The summed E-state index contributed by atoms with van der Waals surface area (Å²) in [5, 5.41) is 3.60. The van der Waals surface area contributed by atoms with Gasteiger partial charge in [0.1, 0.15) is 0 Å². The van der Waals surface area contributed by atoms with Crippen LogP contribution < -0.4 is 11.1 Å². The first-order valence-electron chi connectivity index (χ1n) is 6.27. The topological polar surface area (TPSA) is 38.0 Å². The smallest absolute Gasteiger partial charge is 0.0343 e. The molecule has 16 heavy (non-hydrogen) atoms. The van der Waals surface area contributed by atoms with Crippen LogP contribution in [0.3, 0.4) is 0 Å². The summed E-state index contributed by atoms with van der Waals surface area (Å²) in [6, 6.07) is 8.68. The standard InChI is InChI=1S/C14H22N2/c1-10-3-6-14(9-11(10)2)16-13-7-4-12(15)5-8-13/h4-5,7-8,10-11,14,16H,3,6,9,15H2,1-2H3. The van der Waals surface area contributed by atoms with Crippen LogP contribution >= 0.6 is 0 Å². The fourth-order valence-corrected chi connectivity index (χ4v) is 2.49. The molecule has 3 unspecified atom stereocenters. The first-order chi connectivity index (χ1) is 7.65. The van der Waals surface area contributed by atoms with Crippen molar-refractivity contribution in [3.05, 3.63) is 24.3 Å². The number of nitrogens with two attached hydrogens (primary N) is 1. The molecule has 0 saturated heterocycles. The van der Waals surface area contributed by atoms with Crippen molar-refractivity contribution in [2.75, 3.05) is 11.1 Å². The van der Waals surface area contributed by atoms with Crippen LogP contribution in [0.5, 0.6) is 0 Å². The van der Waals surface area contributed by atoms with E-state index in [9.17, 15) is 0 Å². The van der Waals surface area contributed by atoms with Crippen LogP contribution in [0.15, 0.2) is 24.3 Å². The second kappa shape index (κ2) is 4.77. The summed E-state index contributed by atoms with van der Waals surface area (Å²) in [5.74, 6) is 1.71. The van der Waals surface area contributed by atoms with Gasteiger partial charge in [0.25, 0.3) is 0 Å². The largest absolute Gasteiger partial charge is 0.399 e. The van der Waals surface area contributed by atoms with Crippen LogP contribution in [0, 0.1) is 11.8 Å². The zero-order valence-corrected chi connectivity index (χ0v) is 10.2. The number of rotatable bonds is 2. The van der Waals surface area contributed by atoms with Crippen LogP contribution in [0.1, 0.15) is 33.1 Å². The molecule has 0 aromatic heterocycles. The molecule has 88 valence electrons. The predicted molar refractivity (Wildman–Crippen MR) is 70.4 cm³/mol. The second-order valence-corrected chi connectivity index (χ2v) is 5.23. The number of hydrogen-bond donors (Lipinski definition) is 2. The molecule has 1 saturated carbocycles. The fourth-order valence-electron chi connectivity index (χ4n) is 2.49. The van der Waals surface area contributed by atoms with E-state index in [1.54, 1.807) is 0 Å². The molecule has 2 heteroatoms. The summed E-state index contributed by atoms with van der Waals surface area (Å²) in [4.78, 5) is 0. The molecule has 3 N–H and O–H groups in total. The van der Waals surface area contributed by atoms with Gasteiger partial charge in [-0.15, -0.1) is 0 Å².